The third kappa shape index (κ3) is 3.37. The fraction of sp³-hybridized carbons (Fsp3) is 0.0952. The van der Waals surface area contributed by atoms with E-state index >= 15 is 0 Å². The zero-order chi connectivity index (χ0) is 18.8. The van der Waals surface area contributed by atoms with Crippen LogP contribution in [0, 0.1) is 5.41 Å². The van der Waals surface area contributed by atoms with Gasteiger partial charge in [0.1, 0.15) is 5.75 Å². The lowest BCUT2D eigenvalue weighted by Gasteiger charge is -2.29. The Hall–Kier alpha value is -3.67. The summed E-state index contributed by atoms with van der Waals surface area (Å²) >= 11 is 0. The van der Waals surface area contributed by atoms with Crippen molar-refractivity contribution in [3.63, 3.8) is 0 Å². The Morgan fingerprint density at radius 1 is 1.15 bits per heavy atom. The molecule has 0 bridgehead atoms. The van der Waals surface area contributed by atoms with Gasteiger partial charge >= 0.3 is 6.09 Å². The third-order valence-corrected chi connectivity index (χ3v) is 4.50. The molecule has 134 valence electrons. The van der Waals surface area contributed by atoms with Crippen LogP contribution in [0.2, 0.25) is 0 Å². The summed E-state index contributed by atoms with van der Waals surface area (Å²) in [5, 5.41) is 8.47. The molecule has 4 rings (SSSR count). The number of nitrogens with zero attached hydrogens (tertiary/aromatic N) is 2. The van der Waals surface area contributed by atoms with Crippen molar-refractivity contribution in [2.45, 2.75) is 13.1 Å². The minimum Gasteiger partial charge on any atom is -0.410 e. The van der Waals surface area contributed by atoms with E-state index < -0.39 is 6.09 Å². The number of aromatic nitrogens is 1. The SMILES string of the molecule is N=C(c1ccncc1)c1cc2c(cc1N)OC(=O)N(Cc1ccccc1)C2. The molecule has 6 nitrogen and oxygen atoms in total. The molecule has 0 fully saturated rings. The Labute approximate surface area is 156 Å². The van der Waals surface area contributed by atoms with Crippen LogP contribution in [-0.4, -0.2) is 21.7 Å². The fourth-order valence-corrected chi connectivity index (χ4v) is 3.10. The highest BCUT2D eigenvalue weighted by molar-refractivity contribution is 6.14. The maximum atomic E-state index is 12.3. The first-order chi connectivity index (χ1) is 13.1. The van der Waals surface area contributed by atoms with E-state index in [1.807, 2.05) is 36.4 Å². The quantitative estimate of drug-likeness (QED) is 0.550. The molecule has 1 aliphatic rings. The van der Waals surface area contributed by atoms with Crippen molar-refractivity contribution in [2.24, 2.45) is 0 Å². The summed E-state index contributed by atoms with van der Waals surface area (Å²) in [6.45, 7) is 0.862. The van der Waals surface area contributed by atoms with Crippen LogP contribution in [0.4, 0.5) is 10.5 Å². The number of hydrogen-bond donors (Lipinski definition) is 2. The van der Waals surface area contributed by atoms with Crippen molar-refractivity contribution in [1.29, 1.82) is 5.41 Å². The Morgan fingerprint density at radius 3 is 2.63 bits per heavy atom. The summed E-state index contributed by atoms with van der Waals surface area (Å²) in [4.78, 5) is 17.9. The minimum absolute atomic E-state index is 0.309. The van der Waals surface area contributed by atoms with Crippen molar-refractivity contribution >= 4 is 17.5 Å². The van der Waals surface area contributed by atoms with E-state index in [0.717, 1.165) is 16.7 Å². The molecular weight excluding hydrogens is 340 g/mol. The Morgan fingerprint density at radius 2 is 1.89 bits per heavy atom. The van der Waals surface area contributed by atoms with E-state index in [2.05, 4.69) is 4.98 Å². The molecule has 3 aromatic rings. The number of amides is 1. The number of nitrogens with one attached hydrogen (secondary N) is 1. The molecule has 0 unspecified atom stereocenters. The van der Waals surface area contributed by atoms with Crippen LogP contribution >= 0.6 is 0 Å². The van der Waals surface area contributed by atoms with Crippen LogP contribution in [-0.2, 0) is 13.1 Å². The summed E-state index contributed by atoms with van der Waals surface area (Å²) in [5.41, 5.74) is 10.0. The van der Waals surface area contributed by atoms with Gasteiger partial charge in [0.25, 0.3) is 0 Å². The van der Waals surface area contributed by atoms with E-state index in [4.69, 9.17) is 15.9 Å². The van der Waals surface area contributed by atoms with E-state index in [-0.39, 0.29) is 0 Å². The largest absolute Gasteiger partial charge is 0.415 e. The van der Waals surface area contributed by atoms with Crippen LogP contribution in [0.15, 0.2) is 67.0 Å². The highest BCUT2D eigenvalue weighted by Crippen LogP contribution is 2.32. The van der Waals surface area contributed by atoms with Gasteiger partial charge in [0, 0.05) is 47.4 Å². The molecule has 0 atom stereocenters. The zero-order valence-corrected chi connectivity index (χ0v) is 14.6. The smallest absolute Gasteiger partial charge is 0.410 e. The molecule has 2 heterocycles. The lowest BCUT2D eigenvalue weighted by Crippen LogP contribution is -2.36. The van der Waals surface area contributed by atoms with Gasteiger partial charge in [-0.05, 0) is 23.8 Å². The molecule has 27 heavy (non-hydrogen) atoms. The van der Waals surface area contributed by atoms with Crippen LogP contribution in [0.1, 0.15) is 22.3 Å². The first-order valence-electron chi connectivity index (χ1n) is 8.54. The van der Waals surface area contributed by atoms with E-state index in [1.165, 1.54) is 0 Å². The van der Waals surface area contributed by atoms with Gasteiger partial charge in [-0.15, -0.1) is 0 Å². The second-order valence-corrected chi connectivity index (χ2v) is 6.37. The Kier molecular flexibility index (Phi) is 4.30. The third-order valence-electron chi connectivity index (χ3n) is 4.50. The number of fused-ring (bicyclic) bond motifs is 1. The molecule has 0 radical (unpaired) electrons. The highest BCUT2D eigenvalue weighted by Gasteiger charge is 2.26. The number of nitrogen functional groups attached to an aromatic ring is 1. The predicted octanol–water partition coefficient (Wildman–Crippen LogP) is 3.59. The monoisotopic (exact) mass is 358 g/mol. The predicted molar refractivity (Wildman–Crippen MR) is 103 cm³/mol. The molecule has 1 amide bonds. The standard InChI is InChI=1S/C21H18N4O2/c22-18-11-19-16(10-17(18)20(23)15-6-8-24-9-7-15)13-25(21(26)27-19)12-14-4-2-1-3-5-14/h1-11,23H,12-13,22H2. The molecule has 1 aliphatic heterocycles. The van der Waals surface area contributed by atoms with Crippen molar-refractivity contribution in [3.05, 3.63) is 89.2 Å². The lowest BCUT2D eigenvalue weighted by atomic mass is 9.98. The van der Waals surface area contributed by atoms with Gasteiger partial charge in [-0.1, -0.05) is 30.3 Å². The van der Waals surface area contributed by atoms with Gasteiger partial charge in [-0.25, -0.2) is 4.79 Å². The Balaban J connectivity index is 1.64. The minimum atomic E-state index is -0.400. The maximum Gasteiger partial charge on any atom is 0.415 e. The first kappa shape index (κ1) is 16.8. The topological polar surface area (TPSA) is 92.3 Å². The zero-order valence-electron chi connectivity index (χ0n) is 14.6. The van der Waals surface area contributed by atoms with Crippen LogP contribution in [0.5, 0.6) is 5.75 Å². The fourth-order valence-electron chi connectivity index (χ4n) is 3.10. The van der Waals surface area contributed by atoms with Crippen molar-refractivity contribution in [1.82, 2.24) is 9.88 Å². The van der Waals surface area contributed by atoms with Gasteiger partial charge in [0.15, 0.2) is 0 Å². The summed E-state index contributed by atoms with van der Waals surface area (Å²) in [6.07, 6.45) is 2.88. The number of carbonyl (C=O) groups excluding carboxylic acids is 1. The first-order valence-corrected chi connectivity index (χ1v) is 8.54. The number of anilines is 1. The van der Waals surface area contributed by atoms with Gasteiger partial charge in [0.2, 0.25) is 0 Å². The number of hydrogen-bond acceptors (Lipinski definition) is 5. The number of rotatable bonds is 4. The molecule has 1 aromatic heterocycles. The average molecular weight is 358 g/mol. The van der Waals surface area contributed by atoms with Gasteiger partial charge in [-0.2, -0.15) is 0 Å². The summed E-state index contributed by atoms with van der Waals surface area (Å²) in [7, 11) is 0. The molecule has 6 heteroatoms. The molecule has 0 saturated carbocycles. The Bertz CT molecular complexity index is 1000. The number of nitrogens with two attached hydrogens (primary N) is 1. The van der Waals surface area contributed by atoms with Gasteiger partial charge in [-0.3, -0.25) is 15.3 Å². The lowest BCUT2D eigenvalue weighted by molar-refractivity contribution is 0.135. The van der Waals surface area contributed by atoms with E-state index in [1.54, 1.807) is 35.5 Å². The normalized spacial score (nSPS) is 13.0. The van der Waals surface area contributed by atoms with Crippen molar-refractivity contribution < 1.29 is 9.53 Å². The van der Waals surface area contributed by atoms with Crippen LogP contribution in [0.3, 0.4) is 0 Å². The van der Waals surface area contributed by atoms with E-state index in [0.29, 0.717) is 35.8 Å². The average Bonchev–Trinajstić information content (AvgIpc) is 2.69. The second kappa shape index (κ2) is 6.92. The van der Waals surface area contributed by atoms with Crippen LogP contribution < -0.4 is 10.5 Å². The van der Waals surface area contributed by atoms with E-state index in [9.17, 15) is 4.79 Å². The number of pyridine rings is 1. The molecule has 0 spiro atoms. The second-order valence-electron chi connectivity index (χ2n) is 6.37. The summed E-state index contributed by atoms with van der Waals surface area (Å²) < 4.78 is 5.46. The number of carbonyl (C=O) groups is 1. The number of benzene rings is 2. The highest BCUT2D eigenvalue weighted by atomic mass is 16.6. The number of ether oxygens (including phenoxy) is 1. The van der Waals surface area contributed by atoms with Crippen LogP contribution in [0.25, 0.3) is 0 Å². The molecular formula is C21H18N4O2. The van der Waals surface area contributed by atoms with Crippen molar-refractivity contribution in [2.75, 3.05) is 5.73 Å². The summed E-state index contributed by atoms with van der Waals surface area (Å²) in [5.74, 6) is 0.452. The van der Waals surface area contributed by atoms with Gasteiger partial charge in [0.05, 0.1) is 12.3 Å². The molecule has 0 saturated heterocycles. The maximum absolute atomic E-state index is 12.3. The van der Waals surface area contributed by atoms with Gasteiger partial charge < -0.3 is 10.5 Å². The summed E-state index contributed by atoms with van der Waals surface area (Å²) in [6, 6.07) is 16.7. The molecule has 3 N–H and O–H groups in total. The molecule has 0 aliphatic carbocycles. The van der Waals surface area contributed by atoms with Crippen molar-refractivity contribution in [3.8, 4) is 5.75 Å². The molecule has 2 aromatic carbocycles.